The van der Waals surface area contributed by atoms with Crippen molar-refractivity contribution < 1.29 is 9.53 Å². The number of hydrogen-bond acceptors (Lipinski definition) is 4. The van der Waals surface area contributed by atoms with E-state index >= 15 is 0 Å². The molecule has 1 N–H and O–H groups in total. The zero-order valence-corrected chi connectivity index (χ0v) is 7.66. The Morgan fingerprint density at radius 2 is 2.55 bits per heavy atom. The molecule has 0 spiro atoms. The van der Waals surface area contributed by atoms with E-state index in [0.717, 1.165) is 12.3 Å². The van der Waals surface area contributed by atoms with E-state index in [1.165, 1.54) is 0 Å². The monoisotopic (exact) mass is 175 g/mol. The standard InChI is InChI=1S/C7H13NO2S/c1-3-10-6(9)7(2)8-4-5-11-7/h8H,3-5H2,1-2H3. The molecule has 1 aliphatic heterocycles. The molecule has 0 amide bonds. The first-order chi connectivity index (χ1) is 5.19. The molecule has 64 valence electrons. The maximum Gasteiger partial charge on any atom is 0.336 e. The van der Waals surface area contributed by atoms with Gasteiger partial charge in [0, 0.05) is 12.3 Å². The van der Waals surface area contributed by atoms with Gasteiger partial charge in [0.05, 0.1) is 6.61 Å². The second-order valence-corrected chi connectivity index (χ2v) is 4.04. The van der Waals surface area contributed by atoms with Crippen LogP contribution < -0.4 is 5.32 Å². The van der Waals surface area contributed by atoms with Crippen molar-refractivity contribution in [2.75, 3.05) is 18.9 Å². The van der Waals surface area contributed by atoms with Crippen LogP contribution in [0, 0.1) is 0 Å². The molecule has 1 unspecified atom stereocenters. The second kappa shape index (κ2) is 3.45. The summed E-state index contributed by atoms with van der Waals surface area (Å²) in [5.74, 6) is 0.831. The SMILES string of the molecule is CCOC(=O)C1(C)NCCS1. The zero-order valence-electron chi connectivity index (χ0n) is 6.85. The fourth-order valence-corrected chi connectivity index (χ4v) is 1.99. The summed E-state index contributed by atoms with van der Waals surface area (Å²) >= 11 is 1.61. The number of carbonyl (C=O) groups is 1. The van der Waals surface area contributed by atoms with E-state index in [4.69, 9.17) is 4.74 Å². The van der Waals surface area contributed by atoms with E-state index in [-0.39, 0.29) is 5.97 Å². The molecule has 1 rings (SSSR count). The van der Waals surface area contributed by atoms with Crippen LogP contribution in [-0.2, 0) is 9.53 Å². The Morgan fingerprint density at radius 1 is 1.82 bits per heavy atom. The van der Waals surface area contributed by atoms with Crippen molar-refractivity contribution >= 4 is 17.7 Å². The van der Waals surface area contributed by atoms with Gasteiger partial charge in [0.15, 0.2) is 4.87 Å². The molecule has 0 aromatic rings. The second-order valence-electron chi connectivity index (χ2n) is 2.53. The number of esters is 1. The Balaban J connectivity index is 2.49. The quantitative estimate of drug-likeness (QED) is 0.624. The van der Waals surface area contributed by atoms with Gasteiger partial charge in [-0.25, -0.2) is 4.79 Å². The van der Waals surface area contributed by atoms with E-state index in [2.05, 4.69) is 5.32 Å². The third-order valence-corrected chi connectivity index (χ3v) is 2.92. The first-order valence-corrected chi connectivity index (χ1v) is 4.74. The molecule has 1 heterocycles. The molecule has 1 atom stereocenters. The van der Waals surface area contributed by atoms with E-state index < -0.39 is 4.87 Å². The largest absolute Gasteiger partial charge is 0.464 e. The maximum atomic E-state index is 11.3. The Morgan fingerprint density at radius 3 is 3.00 bits per heavy atom. The molecule has 1 aliphatic rings. The third kappa shape index (κ3) is 1.87. The van der Waals surface area contributed by atoms with Gasteiger partial charge in [-0.2, -0.15) is 0 Å². The lowest BCUT2D eigenvalue weighted by molar-refractivity contribution is -0.146. The lowest BCUT2D eigenvalue weighted by atomic mass is 10.3. The smallest absolute Gasteiger partial charge is 0.336 e. The Hall–Kier alpha value is -0.220. The molecule has 11 heavy (non-hydrogen) atoms. The minimum atomic E-state index is -0.490. The molecule has 0 aromatic heterocycles. The van der Waals surface area contributed by atoms with Gasteiger partial charge in [0.1, 0.15) is 0 Å². The van der Waals surface area contributed by atoms with E-state index in [9.17, 15) is 4.79 Å². The average Bonchev–Trinajstić information content (AvgIpc) is 2.38. The van der Waals surface area contributed by atoms with Crippen LogP contribution in [0.25, 0.3) is 0 Å². The number of ether oxygens (including phenoxy) is 1. The normalized spacial score (nSPS) is 30.4. The van der Waals surface area contributed by atoms with Crippen LogP contribution in [0.4, 0.5) is 0 Å². The summed E-state index contributed by atoms with van der Waals surface area (Å²) in [4.78, 5) is 10.8. The lowest BCUT2D eigenvalue weighted by Gasteiger charge is -2.20. The Bertz CT molecular complexity index is 155. The molecule has 0 bridgehead atoms. The molecule has 0 saturated carbocycles. The predicted molar refractivity (Wildman–Crippen MR) is 45.5 cm³/mol. The van der Waals surface area contributed by atoms with Crippen molar-refractivity contribution in [2.24, 2.45) is 0 Å². The molecule has 1 fully saturated rings. The number of thioether (sulfide) groups is 1. The van der Waals surface area contributed by atoms with E-state index in [1.54, 1.807) is 11.8 Å². The van der Waals surface area contributed by atoms with Crippen LogP contribution in [0.15, 0.2) is 0 Å². The van der Waals surface area contributed by atoms with Gasteiger partial charge >= 0.3 is 5.97 Å². The average molecular weight is 175 g/mol. The highest BCUT2D eigenvalue weighted by Crippen LogP contribution is 2.27. The van der Waals surface area contributed by atoms with Crippen molar-refractivity contribution in [2.45, 2.75) is 18.7 Å². The first-order valence-electron chi connectivity index (χ1n) is 3.75. The van der Waals surface area contributed by atoms with E-state index in [1.807, 2.05) is 13.8 Å². The molecule has 3 nitrogen and oxygen atoms in total. The summed E-state index contributed by atoms with van der Waals surface area (Å²) in [5, 5.41) is 3.11. The highest BCUT2D eigenvalue weighted by molar-refractivity contribution is 8.01. The first kappa shape index (κ1) is 8.87. The number of nitrogens with one attached hydrogen (secondary N) is 1. The van der Waals surface area contributed by atoms with Gasteiger partial charge in [-0.05, 0) is 13.8 Å². The number of carbonyl (C=O) groups excluding carboxylic acids is 1. The highest BCUT2D eigenvalue weighted by Gasteiger charge is 2.38. The summed E-state index contributed by atoms with van der Waals surface area (Å²) in [6, 6.07) is 0. The van der Waals surface area contributed by atoms with Gasteiger partial charge in [0.25, 0.3) is 0 Å². The zero-order chi connectivity index (χ0) is 8.32. The molecule has 0 radical (unpaired) electrons. The van der Waals surface area contributed by atoms with Crippen LogP contribution in [0.3, 0.4) is 0 Å². The Kier molecular flexibility index (Phi) is 2.78. The lowest BCUT2D eigenvalue weighted by Crippen LogP contribution is -2.43. The fraction of sp³-hybridized carbons (Fsp3) is 0.857. The summed E-state index contributed by atoms with van der Waals surface area (Å²) in [5.41, 5.74) is 0. The van der Waals surface area contributed by atoms with Crippen LogP contribution in [0.5, 0.6) is 0 Å². The molecule has 0 aromatic carbocycles. The van der Waals surface area contributed by atoms with Crippen LogP contribution in [0.1, 0.15) is 13.8 Å². The summed E-state index contributed by atoms with van der Waals surface area (Å²) < 4.78 is 4.91. The van der Waals surface area contributed by atoms with Crippen molar-refractivity contribution in [3.63, 3.8) is 0 Å². The molecule has 0 aliphatic carbocycles. The van der Waals surface area contributed by atoms with Gasteiger partial charge < -0.3 is 4.74 Å². The van der Waals surface area contributed by atoms with Crippen LogP contribution >= 0.6 is 11.8 Å². The molecular weight excluding hydrogens is 162 g/mol. The van der Waals surface area contributed by atoms with Crippen LogP contribution in [0.2, 0.25) is 0 Å². The number of rotatable bonds is 2. The molecule has 4 heteroatoms. The molecular formula is C7H13NO2S. The fourth-order valence-electron chi connectivity index (χ4n) is 0.996. The summed E-state index contributed by atoms with van der Waals surface area (Å²) in [7, 11) is 0. The van der Waals surface area contributed by atoms with Crippen LogP contribution in [-0.4, -0.2) is 29.7 Å². The number of hydrogen-bond donors (Lipinski definition) is 1. The molecule has 1 saturated heterocycles. The topological polar surface area (TPSA) is 38.3 Å². The van der Waals surface area contributed by atoms with Crippen molar-refractivity contribution in [3.8, 4) is 0 Å². The van der Waals surface area contributed by atoms with Crippen molar-refractivity contribution in [1.82, 2.24) is 5.32 Å². The van der Waals surface area contributed by atoms with Crippen molar-refractivity contribution in [3.05, 3.63) is 0 Å². The third-order valence-electron chi connectivity index (χ3n) is 1.62. The highest BCUT2D eigenvalue weighted by atomic mass is 32.2. The van der Waals surface area contributed by atoms with Gasteiger partial charge in [-0.15, -0.1) is 11.8 Å². The Labute approximate surface area is 70.9 Å². The summed E-state index contributed by atoms with van der Waals surface area (Å²) in [6.07, 6.45) is 0. The summed E-state index contributed by atoms with van der Waals surface area (Å²) in [6.45, 7) is 5.03. The van der Waals surface area contributed by atoms with Gasteiger partial charge in [0.2, 0.25) is 0 Å². The van der Waals surface area contributed by atoms with E-state index in [0.29, 0.717) is 6.61 Å². The van der Waals surface area contributed by atoms with Gasteiger partial charge in [-0.3, -0.25) is 5.32 Å². The minimum absolute atomic E-state index is 0.150. The predicted octanol–water partition coefficient (Wildman–Crippen LogP) is 0.602. The maximum absolute atomic E-state index is 11.3. The minimum Gasteiger partial charge on any atom is -0.464 e. The van der Waals surface area contributed by atoms with Gasteiger partial charge in [-0.1, -0.05) is 0 Å². The van der Waals surface area contributed by atoms with Crippen molar-refractivity contribution in [1.29, 1.82) is 0 Å².